The van der Waals surface area contributed by atoms with Gasteiger partial charge in [0.05, 0.1) is 17.3 Å². The van der Waals surface area contributed by atoms with Crippen molar-refractivity contribution in [1.29, 1.82) is 0 Å². The fourth-order valence-corrected chi connectivity index (χ4v) is 3.56. The summed E-state index contributed by atoms with van der Waals surface area (Å²) in [6, 6.07) is 5.82. The summed E-state index contributed by atoms with van der Waals surface area (Å²) in [6.45, 7) is 2.78. The molecule has 0 spiro atoms. The van der Waals surface area contributed by atoms with Crippen molar-refractivity contribution < 1.29 is 14.2 Å². The van der Waals surface area contributed by atoms with E-state index < -0.39 is 0 Å². The third-order valence-corrected chi connectivity index (χ3v) is 4.76. The molecule has 2 atom stereocenters. The molecule has 1 unspecified atom stereocenters. The van der Waals surface area contributed by atoms with Crippen LogP contribution in [-0.2, 0) is 0 Å². The molecule has 1 aromatic carbocycles. The van der Waals surface area contributed by atoms with Crippen LogP contribution in [0.3, 0.4) is 0 Å². The second kappa shape index (κ2) is 8.01. The predicted octanol–water partition coefficient (Wildman–Crippen LogP) is 2.92. The Morgan fingerprint density at radius 2 is 2.29 bits per heavy atom. The largest absolute Gasteiger partial charge is 0.491 e. The molecule has 4 nitrogen and oxygen atoms in total. The first-order chi connectivity index (χ1) is 11.7. The normalized spacial score (nSPS) is 24.0. The van der Waals surface area contributed by atoms with Crippen LogP contribution in [0.5, 0.6) is 5.75 Å². The van der Waals surface area contributed by atoms with Crippen molar-refractivity contribution in [2.75, 3.05) is 37.7 Å². The molecule has 2 N–H and O–H groups in total. The van der Waals surface area contributed by atoms with Crippen molar-refractivity contribution in [1.82, 2.24) is 5.32 Å². The van der Waals surface area contributed by atoms with Gasteiger partial charge in [-0.15, -0.1) is 0 Å². The highest BCUT2D eigenvalue weighted by Crippen LogP contribution is 2.34. The maximum absolute atomic E-state index is 13.2. The Morgan fingerprint density at radius 1 is 1.42 bits per heavy atom. The number of aliphatic hydroxyl groups is 1. The van der Waals surface area contributed by atoms with E-state index in [-0.39, 0.29) is 31.0 Å². The van der Waals surface area contributed by atoms with E-state index in [4.69, 9.17) is 21.4 Å². The number of benzene rings is 1. The highest BCUT2D eigenvalue weighted by molar-refractivity contribution is 6.33. The molecule has 1 aliphatic carbocycles. The van der Waals surface area contributed by atoms with Gasteiger partial charge in [0, 0.05) is 37.7 Å². The van der Waals surface area contributed by atoms with Crippen LogP contribution < -0.4 is 15.0 Å². The maximum Gasteiger partial charge on any atom is 0.121 e. The van der Waals surface area contributed by atoms with Crippen LogP contribution in [0.1, 0.15) is 6.42 Å². The summed E-state index contributed by atoms with van der Waals surface area (Å²) >= 11 is 6.47. The molecule has 2 aliphatic rings. The first-order valence-corrected chi connectivity index (χ1v) is 8.61. The quantitative estimate of drug-likeness (QED) is 0.855. The number of nitrogens with one attached hydrogen (secondary N) is 1. The molecule has 0 radical (unpaired) electrons. The number of allylic oxidation sites excluding steroid dienone is 3. The van der Waals surface area contributed by atoms with E-state index in [2.05, 4.69) is 10.2 Å². The highest BCUT2D eigenvalue weighted by Gasteiger charge is 2.30. The van der Waals surface area contributed by atoms with Crippen LogP contribution in [-0.4, -0.2) is 44.0 Å². The number of hydrogen-bond acceptors (Lipinski definition) is 4. The van der Waals surface area contributed by atoms with Crippen LogP contribution in [0.4, 0.5) is 10.1 Å². The van der Waals surface area contributed by atoms with Crippen molar-refractivity contribution in [2.45, 2.75) is 12.5 Å². The standard InChI is InChI=1S/C18H22ClFN2O2/c19-16-11-15(24-10-9-23)5-6-17(16)22-8-7-21-12-18(22)13-1-3-14(20)4-2-13/h1,3-6,11,13,18,21,23H,2,7-10,12H2/t13?,18-/m0/s1. The molecule has 6 heteroatoms. The Bertz CT molecular complexity index is 635. The Labute approximate surface area is 146 Å². The molecule has 1 aromatic rings. The van der Waals surface area contributed by atoms with E-state index >= 15 is 0 Å². The molecule has 0 amide bonds. The summed E-state index contributed by atoms with van der Waals surface area (Å²) in [5.74, 6) is 0.732. The zero-order valence-electron chi connectivity index (χ0n) is 13.4. The second-order valence-electron chi connectivity index (χ2n) is 6.00. The van der Waals surface area contributed by atoms with Crippen molar-refractivity contribution >= 4 is 17.3 Å². The summed E-state index contributed by atoms with van der Waals surface area (Å²) in [5.41, 5.74) is 0.961. The molecule has 1 saturated heterocycles. The number of rotatable bonds is 5. The summed E-state index contributed by atoms with van der Waals surface area (Å²) in [4.78, 5) is 2.29. The first kappa shape index (κ1) is 17.3. The number of nitrogens with zero attached hydrogens (tertiary/aromatic N) is 1. The van der Waals surface area contributed by atoms with Crippen LogP contribution >= 0.6 is 11.6 Å². The van der Waals surface area contributed by atoms with Gasteiger partial charge in [0.1, 0.15) is 18.2 Å². The minimum absolute atomic E-state index is 0.0304. The molecule has 0 aromatic heterocycles. The Kier molecular flexibility index (Phi) is 5.76. The number of ether oxygens (including phenoxy) is 1. The van der Waals surface area contributed by atoms with E-state index in [1.165, 1.54) is 0 Å². The van der Waals surface area contributed by atoms with Gasteiger partial charge in [0.2, 0.25) is 0 Å². The van der Waals surface area contributed by atoms with Gasteiger partial charge in [-0.05, 0) is 30.7 Å². The molecule has 1 fully saturated rings. The fraction of sp³-hybridized carbons (Fsp3) is 0.444. The van der Waals surface area contributed by atoms with E-state index in [9.17, 15) is 4.39 Å². The molecule has 1 aliphatic heterocycles. The molecular formula is C18H22ClFN2O2. The van der Waals surface area contributed by atoms with Crippen molar-refractivity contribution in [3.8, 4) is 5.75 Å². The van der Waals surface area contributed by atoms with Crippen LogP contribution in [0, 0.1) is 5.92 Å². The van der Waals surface area contributed by atoms with Gasteiger partial charge >= 0.3 is 0 Å². The highest BCUT2D eigenvalue weighted by atomic mass is 35.5. The number of hydrogen-bond donors (Lipinski definition) is 2. The third-order valence-electron chi connectivity index (χ3n) is 4.45. The molecule has 3 rings (SSSR count). The Hall–Kier alpha value is -1.56. The van der Waals surface area contributed by atoms with Gasteiger partial charge in [-0.1, -0.05) is 17.7 Å². The van der Waals surface area contributed by atoms with Gasteiger partial charge in [-0.25, -0.2) is 4.39 Å². The van der Waals surface area contributed by atoms with Gasteiger partial charge in [-0.2, -0.15) is 0 Å². The summed E-state index contributed by atoms with van der Waals surface area (Å²) in [5, 5.41) is 12.9. The van der Waals surface area contributed by atoms with Crippen molar-refractivity contribution in [2.24, 2.45) is 5.92 Å². The summed E-state index contributed by atoms with van der Waals surface area (Å²) < 4.78 is 18.7. The SMILES string of the molecule is OCCOc1ccc(N2CCNC[C@H]2C2C=CC(F)=CC2)c(Cl)c1. The summed E-state index contributed by atoms with van der Waals surface area (Å²) in [6.07, 6.45) is 5.84. The lowest BCUT2D eigenvalue weighted by Crippen LogP contribution is -2.54. The number of piperazine rings is 1. The molecular weight excluding hydrogens is 331 g/mol. The minimum atomic E-state index is -0.162. The fourth-order valence-electron chi connectivity index (χ4n) is 3.28. The average Bonchev–Trinajstić information content (AvgIpc) is 2.61. The lowest BCUT2D eigenvalue weighted by Gasteiger charge is -2.42. The Balaban J connectivity index is 1.79. The van der Waals surface area contributed by atoms with E-state index in [1.807, 2.05) is 18.2 Å². The maximum atomic E-state index is 13.2. The van der Waals surface area contributed by atoms with Gasteiger partial charge < -0.3 is 20.1 Å². The van der Waals surface area contributed by atoms with Crippen molar-refractivity contribution in [3.05, 3.63) is 47.3 Å². The van der Waals surface area contributed by atoms with Crippen LogP contribution in [0.15, 0.2) is 42.3 Å². The van der Waals surface area contributed by atoms with Crippen molar-refractivity contribution in [3.63, 3.8) is 0 Å². The number of anilines is 1. The summed E-state index contributed by atoms with van der Waals surface area (Å²) in [7, 11) is 0. The first-order valence-electron chi connectivity index (χ1n) is 8.23. The third kappa shape index (κ3) is 3.91. The average molecular weight is 353 g/mol. The second-order valence-corrected chi connectivity index (χ2v) is 6.41. The number of halogens is 2. The smallest absolute Gasteiger partial charge is 0.121 e. The predicted molar refractivity (Wildman–Crippen MR) is 94.5 cm³/mol. The molecule has 0 bridgehead atoms. The molecule has 1 heterocycles. The lowest BCUT2D eigenvalue weighted by molar-refractivity contribution is 0.201. The minimum Gasteiger partial charge on any atom is -0.491 e. The van der Waals surface area contributed by atoms with Gasteiger partial charge in [0.15, 0.2) is 0 Å². The number of aliphatic hydroxyl groups excluding tert-OH is 1. The van der Waals surface area contributed by atoms with Gasteiger partial charge in [-0.3, -0.25) is 0 Å². The topological polar surface area (TPSA) is 44.7 Å². The monoisotopic (exact) mass is 352 g/mol. The molecule has 130 valence electrons. The zero-order chi connectivity index (χ0) is 16.9. The zero-order valence-corrected chi connectivity index (χ0v) is 14.2. The van der Waals surface area contributed by atoms with E-state index in [1.54, 1.807) is 18.2 Å². The Morgan fingerprint density at radius 3 is 3.00 bits per heavy atom. The molecule has 0 saturated carbocycles. The van der Waals surface area contributed by atoms with E-state index in [0.717, 1.165) is 25.3 Å². The van der Waals surface area contributed by atoms with E-state index in [0.29, 0.717) is 17.2 Å². The van der Waals surface area contributed by atoms with Gasteiger partial charge in [0.25, 0.3) is 0 Å². The lowest BCUT2D eigenvalue weighted by atomic mass is 9.89. The van der Waals surface area contributed by atoms with Crippen LogP contribution in [0.2, 0.25) is 5.02 Å². The van der Waals surface area contributed by atoms with Crippen LogP contribution in [0.25, 0.3) is 0 Å². The molecule has 24 heavy (non-hydrogen) atoms.